The summed E-state index contributed by atoms with van der Waals surface area (Å²) in [5.41, 5.74) is 1.49. The Hall–Kier alpha value is -1.39. The van der Waals surface area contributed by atoms with Gasteiger partial charge >= 0.3 is 5.97 Å². The van der Waals surface area contributed by atoms with Crippen LogP contribution in [0, 0.1) is 5.92 Å². The zero-order valence-corrected chi connectivity index (χ0v) is 13.8. The van der Waals surface area contributed by atoms with Crippen molar-refractivity contribution in [1.29, 1.82) is 0 Å². The molecule has 0 spiro atoms. The fraction of sp³-hybridized carbons (Fsp3) is 0.611. The molecule has 0 amide bonds. The Morgan fingerprint density at radius 1 is 1.32 bits per heavy atom. The molecule has 122 valence electrons. The normalized spacial score (nSPS) is 17.0. The molecule has 0 radical (unpaired) electrons. The summed E-state index contributed by atoms with van der Waals surface area (Å²) < 4.78 is 0. The Bertz CT molecular complexity index is 480. The van der Waals surface area contributed by atoms with Gasteiger partial charge in [0.1, 0.15) is 0 Å². The molecule has 1 aromatic carbocycles. The molecule has 22 heavy (non-hydrogen) atoms. The third-order valence-corrected chi connectivity index (χ3v) is 4.50. The summed E-state index contributed by atoms with van der Waals surface area (Å²) in [6, 6.07) is 7.32. The smallest absolute Gasteiger partial charge is 0.335 e. The van der Waals surface area contributed by atoms with Gasteiger partial charge in [0.2, 0.25) is 0 Å². The standard InChI is InChI=1S/C18H28N2O2/c1-19(2)10-4-6-15-8-11-20(12-9-15)14-16-5-3-7-17(13-16)18(21)22/h3,5,7,13,15H,4,6,8-12,14H2,1-2H3,(H,21,22). The highest BCUT2D eigenvalue weighted by Gasteiger charge is 2.19. The first-order chi connectivity index (χ1) is 10.5. The summed E-state index contributed by atoms with van der Waals surface area (Å²) in [6.45, 7) is 4.31. The summed E-state index contributed by atoms with van der Waals surface area (Å²) in [4.78, 5) is 15.7. The van der Waals surface area contributed by atoms with E-state index in [9.17, 15) is 4.79 Å². The molecule has 0 bridgehead atoms. The van der Waals surface area contributed by atoms with E-state index in [1.807, 2.05) is 12.1 Å². The van der Waals surface area contributed by atoms with Crippen molar-refractivity contribution < 1.29 is 9.90 Å². The lowest BCUT2D eigenvalue weighted by Crippen LogP contribution is -2.33. The molecule has 1 N–H and O–H groups in total. The van der Waals surface area contributed by atoms with E-state index in [0.717, 1.165) is 31.1 Å². The minimum absolute atomic E-state index is 0.385. The van der Waals surface area contributed by atoms with Crippen molar-refractivity contribution in [3.63, 3.8) is 0 Å². The average Bonchev–Trinajstić information content (AvgIpc) is 2.49. The Labute approximate surface area is 133 Å². The van der Waals surface area contributed by atoms with Gasteiger partial charge in [0.15, 0.2) is 0 Å². The van der Waals surface area contributed by atoms with E-state index in [1.165, 1.54) is 32.2 Å². The van der Waals surface area contributed by atoms with E-state index < -0.39 is 5.97 Å². The minimum atomic E-state index is -0.846. The van der Waals surface area contributed by atoms with Crippen LogP contribution in [0.25, 0.3) is 0 Å². The third kappa shape index (κ3) is 5.43. The lowest BCUT2D eigenvalue weighted by molar-refractivity contribution is 0.0696. The molecule has 0 unspecified atom stereocenters. The van der Waals surface area contributed by atoms with Crippen LogP contribution in [0.2, 0.25) is 0 Å². The van der Waals surface area contributed by atoms with Gasteiger partial charge in [-0.3, -0.25) is 4.90 Å². The average molecular weight is 304 g/mol. The monoisotopic (exact) mass is 304 g/mol. The second-order valence-corrected chi connectivity index (χ2v) is 6.67. The number of hydrogen-bond donors (Lipinski definition) is 1. The summed E-state index contributed by atoms with van der Waals surface area (Å²) in [5, 5.41) is 9.05. The number of rotatable bonds is 7. The van der Waals surface area contributed by atoms with Crippen molar-refractivity contribution in [3.8, 4) is 0 Å². The van der Waals surface area contributed by atoms with Crippen LogP contribution in [0.4, 0.5) is 0 Å². The zero-order valence-electron chi connectivity index (χ0n) is 13.8. The van der Waals surface area contributed by atoms with E-state index >= 15 is 0 Å². The molecule has 1 fully saturated rings. The molecule has 1 heterocycles. The molecule has 1 saturated heterocycles. The summed E-state index contributed by atoms with van der Waals surface area (Å²) >= 11 is 0. The molecule has 0 saturated carbocycles. The van der Waals surface area contributed by atoms with Gasteiger partial charge in [-0.2, -0.15) is 0 Å². The van der Waals surface area contributed by atoms with E-state index in [1.54, 1.807) is 12.1 Å². The van der Waals surface area contributed by atoms with Crippen molar-refractivity contribution in [2.75, 3.05) is 33.7 Å². The van der Waals surface area contributed by atoms with Crippen LogP contribution in [0.3, 0.4) is 0 Å². The zero-order chi connectivity index (χ0) is 15.9. The SMILES string of the molecule is CN(C)CCCC1CCN(Cc2cccc(C(=O)O)c2)CC1. The predicted octanol–water partition coefficient (Wildman–Crippen LogP) is 2.94. The Morgan fingerprint density at radius 2 is 2.05 bits per heavy atom. The number of aromatic carboxylic acids is 1. The highest BCUT2D eigenvalue weighted by Crippen LogP contribution is 2.23. The molecule has 1 aliphatic heterocycles. The number of carboxylic acids is 1. The number of nitrogens with zero attached hydrogens (tertiary/aromatic N) is 2. The van der Waals surface area contributed by atoms with E-state index in [0.29, 0.717) is 5.56 Å². The highest BCUT2D eigenvalue weighted by atomic mass is 16.4. The van der Waals surface area contributed by atoms with E-state index in [2.05, 4.69) is 23.9 Å². The van der Waals surface area contributed by atoms with Crippen LogP contribution in [0.5, 0.6) is 0 Å². The van der Waals surface area contributed by atoms with Crippen molar-refractivity contribution in [1.82, 2.24) is 9.80 Å². The fourth-order valence-corrected chi connectivity index (χ4v) is 3.19. The molecule has 4 nitrogen and oxygen atoms in total. The highest BCUT2D eigenvalue weighted by molar-refractivity contribution is 5.87. The number of piperidine rings is 1. The Morgan fingerprint density at radius 3 is 2.68 bits per heavy atom. The van der Waals surface area contributed by atoms with E-state index in [-0.39, 0.29) is 0 Å². The number of likely N-dealkylation sites (tertiary alicyclic amines) is 1. The predicted molar refractivity (Wildman–Crippen MR) is 89.2 cm³/mol. The lowest BCUT2D eigenvalue weighted by atomic mass is 9.92. The first kappa shape index (κ1) is 17.0. The second kappa shape index (κ2) is 8.30. The Balaban J connectivity index is 1.75. The molecule has 0 aromatic heterocycles. The van der Waals surface area contributed by atoms with Crippen LogP contribution in [-0.4, -0.2) is 54.6 Å². The minimum Gasteiger partial charge on any atom is -0.478 e. The topological polar surface area (TPSA) is 43.8 Å². The van der Waals surface area contributed by atoms with Crippen LogP contribution in [-0.2, 0) is 6.54 Å². The van der Waals surface area contributed by atoms with Gasteiger partial charge in [-0.1, -0.05) is 12.1 Å². The van der Waals surface area contributed by atoms with Crippen molar-refractivity contribution >= 4 is 5.97 Å². The van der Waals surface area contributed by atoms with Crippen LogP contribution in [0.15, 0.2) is 24.3 Å². The molecule has 0 atom stereocenters. The summed E-state index contributed by atoms with van der Waals surface area (Å²) in [5.74, 6) is 0.0167. The van der Waals surface area contributed by atoms with Crippen LogP contribution in [0.1, 0.15) is 41.6 Å². The van der Waals surface area contributed by atoms with Gasteiger partial charge < -0.3 is 10.0 Å². The largest absolute Gasteiger partial charge is 0.478 e. The molecular formula is C18H28N2O2. The van der Waals surface area contributed by atoms with Gasteiger partial charge in [0.05, 0.1) is 5.56 Å². The first-order valence-corrected chi connectivity index (χ1v) is 8.24. The van der Waals surface area contributed by atoms with Gasteiger partial charge in [0.25, 0.3) is 0 Å². The maximum atomic E-state index is 11.0. The van der Waals surface area contributed by atoms with E-state index in [4.69, 9.17) is 5.11 Å². The molecule has 2 rings (SSSR count). The van der Waals surface area contributed by atoms with Gasteiger partial charge in [-0.15, -0.1) is 0 Å². The number of carboxylic acid groups (broad SMARTS) is 1. The Kier molecular flexibility index (Phi) is 6.40. The summed E-state index contributed by atoms with van der Waals surface area (Å²) in [6.07, 6.45) is 5.16. The van der Waals surface area contributed by atoms with Crippen molar-refractivity contribution in [3.05, 3.63) is 35.4 Å². The second-order valence-electron chi connectivity index (χ2n) is 6.67. The molecular weight excluding hydrogens is 276 g/mol. The van der Waals surface area contributed by atoms with Crippen LogP contribution < -0.4 is 0 Å². The van der Waals surface area contributed by atoms with Crippen LogP contribution >= 0.6 is 0 Å². The first-order valence-electron chi connectivity index (χ1n) is 8.24. The maximum Gasteiger partial charge on any atom is 0.335 e. The van der Waals surface area contributed by atoms with Gasteiger partial charge in [-0.05, 0) is 83.0 Å². The summed E-state index contributed by atoms with van der Waals surface area (Å²) in [7, 11) is 4.27. The number of hydrogen-bond acceptors (Lipinski definition) is 3. The number of carbonyl (C=O) groups is 1. The van der Waals surface area contributed by atoms with Gasteiger partial charge in [0, 0.05) is 6.54 Å². The molecule has 1 aromatic rings. The lowest BCUT2D eigenvalue weighted by Gasteiger charge is -2.32. The quantitative estimate of drug-likeness (QED) is 0.841. The fourth-order valence-electron chi connectivity index (χ4n) is 3.19. The molecule has 0 aliphatic carbocycles. The molecule has 1 aliphatic rings. The van der Waals surface area contributed by atoms with Gasteiger partial charge in [-0.25, -0.2) is 4.79 Å². The number of benzene rings is 1. The van der Waals surface area contributed by atoms with Crippen molar-refractivity contribution in [2.45, 2.75) is 32.2 Å². The van der Waals surface area contributed by atoms with Crippen molar-refractivity contribution in [2.24, 2.45) is 5.92 Å². The maximum absolute atomic E-state index is 11.0. The molecule has 4 heteroatoms. The third-order valence-electron chi connectivity index (χ3n) is 4.50.